The quantitative estimate of drug-likeness (QED) is 0.919. The molecule has 0 aliphatic carbocycles. The standard InChI is InChI=1S/C17H26N2O2/c1-3-15-12-19(8-9-20-2)16-10-13-4-6-18-7-5-14(13)11-17(16)21-15/h10-11,15,18H,3-9,12H2,1-2H3/t15-/m0/s1. The maximum absolute atomic E-state index is 6.20. The van der Waals surface area contributed by atoms with E-state index in [1.54, 1.807) is 7.11 Å². The van der Waals surface area contributed by atoms with E-state index in [1.165, 1.54) is 16.8 Å². The van der Waals surface area contributed by atoms with E-state index in [-0.39, 0.29) is 6.10 Å². The van der Waals surface area contributed by atoms with Crippen molar-refractivity contribution in [1.29, 1.82) is 0 Å². The Morgan fingerprint density at radius 3 is 2.76 bits per heavy atom. The zero-order valence-electron chi connectivity index (χ0n) is 13.2. The fourth-order valence-corrected chi connectivity index (χ4v) is 3.22. The molecular formula is C17H26N2O2. The third kappa shape index (κ3) is 3.16. The summed E-state index contributed by atoms with van der Waals surface area (Å²) in [6, 6.07) is 4.62. The summed E-state index contributed by atoms with van der Waals surface area (Å²) in [6.45, 7) is 6.98. The zero-order valence-corrected chi connectivity index (χ0v) is 13.2. The third-order valence-corrected chi connectivity index (χ3v) is 4.50. The number of ether oxygens (including phenoxy) is 2. The fourth-order valence-electron chi connectivity index (χ4n) is 3.22. The predicted octanol–water partition coefficient (Wildman–Crippen LogP) is 2.00. The Balaban J connectivity index is 1.92. The van der Waals surface area contributed by atoms with Crippen molar-refractivity contribution in [3.05, 3.63) is 23.3 Å². The van der Waals surface area contributed by atoms with Gasteiger partial charge in [0.1, 0.15) is 11.9 Å². The van der Waals surface area contributed by atoms with Crippen LogP contribution in [0.3, 0.4) is 0 Å². The number of benzene rings is 1. The largest absolute Gasteiger partial charge is 0.486 e. The summed E-state index contributed by atoms with van der Waals surface area (Å²) in [5.41, 5.74) is 4.17. The highest BCUT2D eigenvalue weighted by atomic mass is 16.5. The van der Waals surface area contributed by atoms with Gasteiger partial charge in [0.05, 0.1) is 18.8 Å². The van der Waals surface area contributed by atoms with Crippen molar-refractivity contribution >= 4 is 5.69 Å². The maximum atomic E-state index is 6.20. The minimum atomic E-state index is 0.288. The van der Waals surface area contributed by atoms with Gasteiger partial charge in [-0.1, -0.05) is 6.92 Å². The van der Waals surface area contributed by atoms with Gasteiger partial charge in [0.15, 0.2) is 0 Å². The van der Waals surface area contributed by atoms with Gasteiger partial charge >= 0.3 is 0 Å². The number of anilines is 1. The Kier molecular flexibility index (Phi) is 4.66. The minimum Gasteiger partial charge on any atom is -0.486 e. The van der Waals surface area contributed by atoms with Gasteiger partial charge in [-0.3, -0.25) is 0 Å². The lowest BCUT2D eigenvalue weighted by molar-refractivity contribution is 0.174. The molecule has 1 aromatic rings. The SMILES string of the molecule is CC[C@H]1CN(CCOC)c2cc3c(cc2O1)CCNCC3. The van der Waals surface area contributed by atoms with Crippen LogP contribution in [0.4, 0.5) is 5.69 Å². The average molecular weight is 290 g/mol. The highest BCUT2D eigenvalue weighted by Gasteiger charge is 2.26. The molecule has 0 saturated heterocycles. The molecule has 1 aromatic carbocycles. The molecule has 0 bridgehead atoms. The first-order chi connectivity index (χ1) is 10.3. The second-order valence-electron chi connectivity index (χ2n) is 5.93. The van der Waals surface area contributed by atoms with Crippen LogP contribution in [0.5, 0.6) is 5.75 Å². The fraction of sp³-hybridized carbons (Fsp3) is 0.647. The van der Waals surface area contributed by atoms with E-state index in [1.807, 2.05) is 0 Å². The van der Waals surface area contributed by atoms with Crippen LogP contribution in [0.1, 0.15) is 24.5 Å². The van der Waals surface area contributed by atoms with E-state index >= 15 is 0 Å². The van der Waals surface area contributed by atoms with Gasteiger partial charge in [-0.2, -0.15) is 0 Å². The second kappa shape index (κ2) is 6.67. The molecule has 116 valence electrons. The van der Waals surface area contributed by atoms with Gasteiger partial charge in [-0.15, -0.1) is 0 Å². The normalized spacial score (nSPS) is 21.2. The molecule has 1 atom stereocenters. The first-order valence-electron chi connectivity index (χ1n) is 8.09. The van der Waals surface area contributed by atoms with Crippen LogP contribution >= 0.6 is 0 Å². The Morgan fingerprint density at radius 1 is 1.29 bits per heavy atom. The number of hydrogen-bond donors (Lipinski definition) is 1. The van der Waals surface area contributed by atoms with Crippen molar-refractivity contribution in [3.8, 4) is 5.75 Å². The minimum absolute atomic E-state index is 0.288. The molecule has 3 rings (SSSR count). The Morgan fingerprint density at radius 2 is 2.05 bits per heavy atom. The zero-order chi connectivity index (χ0) is 14.7. The molecule has 0 saturated carbocycles. The summed E-state index contributed by atoms with van der Waals surface area (Å²) in [6.07, 6.45) is 3.54. The lowest BCUT2D eigenvalue weighted by Gasteiger charge is -2.36. The molecule has 2 aliphatic rings. The van der Waals surface area contributed by atoms with Crippen LogP contribution in [-0.2, 0) is 17.6 Å². The van der Waals surface area contributed by atoms with Gasteiger partial charge < -0.3 is 19.7 Å². The summed E-state index contributed by atoms with van der Waals surface area (Å²) < 4.78 is 11.5. The van der Waals surface area contributed by atoms with E-state index in [0.29, 0.717) is 0 Å². The molecule has 0 amide bonds. The van der Waals surface area contributed by atoms with Crippen LogP contribution in [0.25, 0.3) is 0 Å². The summed E-state index contributed by atoms with van der Waals surface area (Å²) in [7, 11) is 1.77. The molecule has 4 nitrogen and oxygen atoms in total. The van der Waals surface area contributed by atoms with Crippen LogP contribution in [0.15, 0.2) is 12.1 Å². The van der Waals surface area contributed by atoms with Crippen molar-refractivity contribution in [2.45, 2.75) is 32.3 Å². The summed E-state index contributed by atoms with van der Waals surface area (Å²) in [5.74, 6) is 1.06. The lowest BCUT2D eigenvalue weighted by atomic mass is 9.99. The number of nitrogens with one attached hydrogen (secondary N) is 1. The smallest absolute Gasteiger partial charge is 0.143 e. The van der Waals surface area contributed by atoms with Gasteiger partial charge in [0, 0.05) is 13.7 Å². The Labute approximate surface area is 127 Å². The monoisotopic (exact) mass is 290 g/mol. The van der Waals surface area contributed by atoms with E-state index < -0.39 is 0 Å². The molecule has 0 spiro atoms. The van der Waals surface area contributed by atoms with E-state index in [2.05, 4.69) is 29.3 Å². The highest BCUT2D eigenvalue weighted by Crippen LogP contribution is 2.37. The first-order valence-corrected chi connectivity index (χ1v) is 8.09. The molecule has 2 heterocycles. The van der Waals surface area contributed by atoms with Crippen molar-refractivity contribution in [2.24, 2.45) is 0 Å². The number of fused-ring (bicyclic) bond motifs is 2. The second-order valence-corrected chi connectivity index (χ2v) is 5.93. The molecule has 1 N–H and O–H groups in total. The average Bonchev–Trinajstić information content (AvgIpc) is 2.75. The third-order valence-electron chi connectivity index (χ3n) is 4.50. The molecule has 21 heavy (non-hydrogen) atoms. The molecule has 0 fully saturated rings. The predicted molar refractivity (Wildman–Crippen MR) is 85.5 cm³/mol. The number of rotatable bonds is 4. The first kappa shape index (κ1) is 14.7. The van der Waals surface area contributed by atoms with E-state index in [9.17, 15) is 0 Å². The molecule has 0 unspecified atom stereocenters. The van der Waals surface area contributed by atoms with E-state index in [4.69, 9.17) is 9.47 Å². The maximum Gasteiger partial charge on any atom is 0.143 e. The summed E-state index contributed by atoms with van der Waals surface area (Å²) in [5, 5.41) is 3.48. The van der Waals surface area contributed by atoms with Crippen LogP contribution < -0.4 is 15.0 Å². The van der Waals surface area contributed by atoms with Crippen LogP contribution in [0, 0.1) is 0 Å². The molecule has 4 heteroatoms. The topological polar surface area (TPSA) is 33.7 Å². The number of hydrogen-bond acceptors (Lipinski definition) is 4. The van der Waals surface area contributed by atoms with Gasteiger partial charge in [0.25, 0.3) is 0 Å². The molecular weight excluding hydrogens is 264 g/mol. The molecule has 2 aliphatic heterocycles. The van der Waals surface area contributed by atoms with Gasteiger partial charge in [-0.05, 0) is 55.6 Å². The van der Waals surface area contributed by atoms with Crippen LogP contribution in [0.2, 0.25) is 0 Å². The number of methoxy groups -OCH3 is 1. The Bertz CT molecular complexity index is 490. The summed E-state index contributed by atoms with van der Waals surface area (Å²) >= 11 is 0. The van der Waals surface area contributed by atoms with Crippen molar-refractivity contribution in [1.82, 2.24) is 5.32 Å². The van der Waals surface area contributed by atoms with Crippen molar-refractivity contribution < 1.29 is 9.47 Å². The Hall–Kier alpha value is -1.26. The van der Waals surface area contributed by atoms with E-state index in [0.717, 1.165) is 57.8 Å². The lowest BCUT2D eigenvalue weighted by Crippen LogP contribution is -2.41. The number of nitrogens with zero attached hydrogens (tertiary/aromatic N) is 1. The summed E-state index contributed by atoms with van der Waals surface area (Å²) in [4.78, 5) is 2.43. The van der Waals surface area contributed by atoms with Crippen molar-refractivity contribution in [3.63, 3.8) is 0 Å². The van der Waals surface area contributed by atoms with Crippen molar-refractivity contribution in [2.75, 3.05) is 44.8 Å². The van der Waals surface area contributed by atoms with Gasteiger partial charge in [-0.25, -0.2) is 0 Å². The van der Waals surface area contributed by atoms with Crippen LogP contribution in [-0.4, -0.2) is 46.0 Å². The molecule has 0 aromatic heterocycles. The van der Waals surface area contributed by atoms with Gasteiger partial charge in [0.2, 0.25) is 0 Å². The highest BCUT2D eigenvalue weighted by molar-refractivity contribution is 5.64. The molecule has 0 radical (unpaired) electrons.